The first-order valence-electron chi connectivity index (χ1n) is 22.5. The monoisotopic (exact) mass is 1020 g/mol. The molecule has 3 heterocycles. The molecule has 2 aliphatic heterocycles. The van der Waals surface area contributed by atoms with Crippen molar-refractivity contribution in [2.75, 3.05) is 26.7 Å². The van der Waals surface area contributed by atoms with Crippen molar-refractivity contribution in [1.29, 1.82) is 5.41 Å². The molecule has 7 rings (SSSR count). The van der Waals surface area contributed by atoms with E-state index in [1.165, 1.54) is 63.4 Å². The fourth-order valence-corrected chi connectivity index (χ4v) is 11.3. The first kappa shape index (κ1) is 68.7. The number of hydrogen-bond acceptors (Lipinski definition) is 11. The van der Waals surface area contributed by atoms with Crippen molar-refractivity contribution in [3.63, 3.8) is 0 Å². The van der Waals surface area contributed by atoms with Crippen LogP contribution in [0.5, 0.6) is 0 Å². The SMILES string of the molecule is C1=CC[C@@H](c2cccnc2)NC1.CC(C)CCC[C@@H](C)[C@H]1CC[C@H]2[C@@H]3CC=C4C[C@@H](O)CC[C@]4(C)[C@H]3CC[C@]12C.CN1CC(=O)NC1=N.Cl.O=C[C@H](O)[C@@H](O)[C@H](O)[C@H](O)CO.P.[CaH2].[KH].[NaH]. The number of nitrogens with one attached hydrogen (secondary N) is 3. The number of halogens is 1. The van der Waals surface area contributed by atoms with Crippen LogP contribution >= 0.6 is 22.3 Å². The van der Waals surface area contributed by atoms with E-state index in [2.05, 4.69) is 74.5 Å². The van der Waals surface area contributed by atoms with Crippen molar-refractivity contribution in [2.24, 2.45) is 46.3 Å². The molecule has 1 saturated heterocycles. The number of hydrogen-bond donors (Lipinski definition) is 9. The van der Waals surface area contributed by atoms with E-state index in [-0.39, 0.29) is 165 Å². The standard InChI is InChI=1S/C27H46O.C10H12N2.C6H12O6.C4H7N3O.Ca.ClH.K.Na.H3P.4H/c1-18(2)7-6-8-19(3)23-11-12-24-22-10-9-20-17-21(28)13-15-26(20,4)25(22)14-16-27(23,24)5;1-2-7-12-10(5-1)9-4-3-6-11-8-9;7-1-3(9)5(11)6(12)4(10)2-8;1-7-2-3(8)6-4(7)5;;;;;;;;;/h9,18-19,21-25,28H,6-8,10-17H2,1-5H3;1-4,6,8,10,12H,5,7H2;1,3-6,8-12H,2H2;2H2,1H3,(H2,5,6,8);;1H;;;1H3;;;;/t19-,21+,22+,23-,24+,25+,26+,27-;10-;3-,4+,5+,6+;;;;;;;;;;/m100........../s1. The third kappa shape index (κ3) is 19.2. The molecule has 1 unspecified atom stereocenters. The second-order valence-electron chi connectivity index (χ2n) is 19.3. The maximum atomic E-state index is 10.4. The third-order valence-electron chi connectivity index (χ3n) is 14.8. The molecule has 362 valence electrons. The van der Waals surface area contributed by atoms with Crippen LogP contribution in [0.1, 0.15) is 123 Å². The quantitative estimate of drug-likeness (QED) is 0.0680. The number of rotatable bonds is 11. The first-order valence-corrected chi connectivity index (χ1v) is 22.5. The molecule has 9 N–H and O–H groups in total. The molecule has 65 heavy (non-hydrogen) atoms. The molecule has 0 aromatic carbocycles. The molecule has 0 bridgehead atoms. The minimum atomic E-state index is -1.79. The number of carbonyl (C=O) groups excluding carboxylic acids is 2. The summed E-state index contributed by atoms with van der Waals surface area (Å²) in [5, 5.41) is 66.5. The average molecular weight is 1020 g/mol. The number of nitrogens with zero attached hydrogens (tertiary/aromatic N) is 2. The Bertz CT molecular complexity index is 1610. The number of aliphatic hydroxyl groups is 6. The molecule has 1 aromatic rings. The molecule has 1 amide bonds. The Kier molecular flexibility index (Phi) is 35.2. The topological polar surface area (TPSA) is 220 Å². The van der Waals surface area contributed by atoms with Gasteiger partial charge < -0.3 is 45.7 Å². The van der Waals surface area contributed by atoms with Gasteiger partial charge in [0.1, 0.15) is 24.4 Å². The van der Waals surface area contributed by atoms with Crippen LogP contribution in [0.25, 0.3) is 0 Å². The second kappa shape index (κ2) is 33.3. The average Bonchev–Trinajstić information content (AvgIpc) is 3.76. The van der Waals surface area contributed by atoms with Gasteiger partial charge in [-0.2, -0.15) is 9.90 Å². The molecular formula is C47H85CaClKN5NaO8P. The number of allylic oxidation sites excluding steroid dienone is 1. The molecule has 0 radical (unpaired) electrons. The predicted molar refractivity (Wildman–Crippen MR) is 275 cm³/mol. The van der Waals surface area contributed by atoms with Gasteiger partial charge in [0.05, 0.1) is 19.3 Å². The summed E-state index contributed by atoms with van der Waals surface area (Å²) in [4.78, 5) is 25.9. The van der Waals surface area contributed by atoms with Gasteiger partial charge in [0.15, 0.2) is 12.2 Å². The van der Waals surface area contributed by atoms with E-state index < -0.39 is 31.0 Å². The molecule has 0 spiro atoms. The zero-order chi connectivity index (χ0) is 44.2. The number of aromatic nitrogens is 1. The number of amides is 1. The Morgan fingerprint density at radius 1 is 1.00 bits per heavy atom. The Hall–Kier alpha value is 1.58. The summed E-state index contributed by atoms with van der Waals surface area (Å²) in [5.41, 5.74) is 3.88. The molecule has 4 aliphatic carbocycles. The van der Waals surface area contributed by atoms with Gasteiger partial charge >= 0.3 is 119 Å². The fraction of sp³-hybridized carbons (Fsp3) is 0.745. The van der Waals surface area contributed by atoms with E-state index in [9.17, 15) is 14.7 Å². The zero-order valence-electron chi connectivity index (χ0n) is 38.2. The van der Waals surface area contributed by atoms with E-state index in [1.807, 2.05) is 18.5 Å². The molecule has 6 aliphatic rings. The summed E-state index contributed by atoms with van der Waals surface area (Å²) in [6.45, 7) is 13.1. The first-order chi connectivity index (χ1) is 28.5. The summed E-state index contributed by atoms with van der Waals surface area (Å²) >= 11 is 0. The predicted octanol–water partition coefficient (Wildman–Crippen LogP) is 2.93. The Labute approximate surface area is 494 Å². The summed E-state index contributed by atoms with van der Waals surface area (Å²) in [6, 6.07) is 4.56. The minimum absolute atomic E-state index is 0. The number of likely N-dealkylation sites (N-methyl/N-ethyl adjacent to an activating group) is 1. The van der Waals surface area contributed by atoms with Crippen LogP contribution in [0.15, 0.2) is 48.3 Å². The zero-order valence-corrected chi connectivity index (χ0v) is 40.4. The van der Waals surface area contributed by atoms with Gasteiger partial charge in [0, 0.05) is 32.0 Å². The van der Waals surface area contributed by atoms with Crippen LogP contribution in [-0.2, 0) is 9.59 Å². The van der Waals surface area contributed by atoms with Gasteiger partial charge in [-0.1, -0.05) is 83.7 Å². The molecule has 1 aromatic heterocycles. The molecule has 4 fully saturated rings. The Morgan fingerprint density at radius 3 is 2.22 bits per heavy atom. The van der Waals surface area contributed by atoms with E-state index in [4.69, 9.17) is 30.9 Å². The maximum absolute atomic E-state index is 10.4. The van der Waals surface area contributed by atoms with Gasteiger partial charge in [0.2, 0.25) is 5.91 Å². The Balaban J connectivity index is 0. The van der Waals surface area contributed by atoms with Gasteiger partial charge in [-0.15, -0.1) is 12.4 Å². The van der Waals surface area contributed by atoms with E-state index in [1.54, 1.807) is 17.5 Å². The number of guanidine groups is 1. The summed E-state index contributed by atoms with van der Waals surface area (Å²) < 4.78 is 0. The second-order valence-corrected chi connectivity index (χ2v) is 19.3. The molecule has 13 nitrogen and oxygen atoms in total. The van der Waals surface area contributed by atoms with Gasteiger partial charge in [-0.05, 0) is 116 Å². The van der Waals surface area contributed by atoms with Crippen molar-refractivity contribution in [1.82, 2.24) is 20.5 Å². The normalized spacial score (nSPS) is 30.5. The summed E-state index contributed by atoms with van der Waals surface area (Å²) in [7, 11) is 1.69. The van der Waals surface area contributed by atoms with Crippen molar-refractivity contribution in [3.05, 3.63) is 53.9 Å². The van der Waals surface area contributed by atoms with Crippen molar-refractivity contribution < 1.29 is 40.2 Å². The van der Waals surface area contributed by atoms with Crippen LogP contribution in [0.3, 0.4) is 0 Å². The van der Waals surface area contributed by atoms with Crippen LogP contribution < -0.4 is 10.6 Å². The Morgan fingerprint density at radius 2 is 1.69 bits per heavy atom. The molecule has 14 atom stereocenters. The number of carbonyl (C=O) groups is 2. The van der Waals surface area contributed by atoms with Crippen LogP contribution in [0, 0.1) is 51.7 Å². The number of aldehydes is 1. The number of aliphatic hydroxyl groups excluding tert-OH is 6. The third-order valence-corrected chi connectivity index (χ3v) is 14.8. The number of pyridine rings is 1. The van der Waals surface area contributed by atoms with Gasteiger partial charge in [0.25, 0.3) is 0 Å². The molecular weight excluding hydrogens is 931 g/mol. The van der Waals surface area contributed by atoms with E-state index in [0.717, 1.165) is 61.3 Å². The van der Waals surface area contributed by atoms with Crippen LogP contribution in [0.4, 0.5) is 0 Å². The van der Waals surface area contributed by atoms with E-state index >= 15 is 0 Å². The van der Waals surface area contributed by atoms with Gasteiger partial charge in [-0.3, -0.25) is 20.5 Å². The van der Waals surface area contributed by atoms with E-state index in [0.29, 0.717) is 23.4 Å². The molecule has 18 heteroatoms. The van der Waals surface area contributed by atoms with Crippen LogP contribution in [0.2, 0.25) is 0 Å². The molecule has 3 saturated carbocycles. The van der Waals surface area contributed by atoms with Crippen LogP contribution in [-0.4, -0.2) is 235 Å². The van der Waals surface area contributed by atoms with Crippen molar-refractivity contribution >= 4 is 159 Å². The number of fused-ring (bicyclic) bond motifs is 5. The summed E-state index contributed by atoms with van der Waals surface area (Å²) in [6.07, 6.45) is 19.5. The van der Waals surface area contributed by atoms with Gasteiger partial charge in [-0.25, -0.2) is 0 Å². The van der Waals surface area contributed by atoms with Crippen molar-refractivity contribution in [3.8, 4) is 0 Å². The van der Waals surface area contributed by atoms with Crippen molar-refractivity contribution in [2.45, 2.75) is 148 Å². The fourth-order valence-electron chi connectivity index (χ4n) is 11.3. The summed E-state index contributed by atoms with van der Waals surface area (Å²) in [5.74, 6) is 5.55.